The second kappa shape index (κ2) is 19.6. The van der Waals surface area contributed by atoms with E-state index in [2.05, 4.69) is 113 Å². The van der Waals surface area contributed by atoms with E-state index in [4.69, 9.17) is 14.5 Å². The first kappa shape index (κ1) is 55.9. The van der Waals surface area contributed by atoms with Crippen LogP contribution in [0.1, 0.15) is 219 Å². The number of hydrogen-bond donors (Lipinski definition) is 3. The molecule has 3 N–H and O–H groups in total. The number of carbonyl (C=O) groups excluding carboxylic acids is 4. The van der Waals surface area contributed by atoms with Gasteiger partial charge in [0.05, 0.1) is 5.70 Å². The van der Waals surface area contributed by atoms with E-state index < -0.39 is 22.8 Å². The van der Waals surface area contributed by atoms with Crippen molar-refractivity contribution in [2.75, 3.05) is 5.32 Å². The number of ether oxygens (including phenoxy) is 2. The third-order valence-corrected chi connectivity index (χ3v) is 14.9. The highest BCUT2D eigenvalue weighted by atomic mass is 16.5. The van der Waals surface area contributed by atoms with E-state index in [0.29, 0.717) is 34.4 Å². The van der Waals surface area contributed by atoms with Crippen LogP contribution in [0.3, 0.4) is 0 Å². The van der Waals surface area contributed by atoms with Crippen molar-refractivity contribution in [2.24, 2.45) is 78.9 Å². The fraction of sp³-hybridized carbons (Fsp3) is 0.772. The monoisotopic (exact) mass is 931 g/mol. The normalized spacial score (nSPS) is 26.5. The molecule has 3 aliphatic rings. The van der Waals surface area contributed by atoms with Gasteiger partial charge in [0.2, 0.25) is 11.8 Å². The van der Waals surface area contributed by atoms with Gasteiger partial charge in [0, 0.05) is 40.2 Å². The first-order chi connectivity index (χ1) is 30.2. The Balaban J connectivity index is 2.02. The van der Waals surface area contributed by atoms with Gasteiger partial charge in [0.15, 0.2) is 0 Å². The number of rotatable bonds is 8. The van der Waals surface area contributed by atoms with Crippen molar-refractivity contribution in [1.29, 1.82) is 0 Å². The summed E-state index contributed by atoms with van der Waals surface area (Å²) < 4.78 is 13.7. The summed E-state index contributed by atoms with van der Waals surface area (Å²) in [6, 6.07) is 0. The summed E-state index contributed by atoms with van der Waals surface area (Å²) in [5, 5.41) is 6.13. The van der Waals surface area contributed by atoms with Crippen LogP contribution in [0, 0.1) is 73.9 Å². The highest BCUT2D eigenvalue weighted by molar-refractivity contribution is 6.26. The first-order valence-corrected chi connectivity index (χ1v) is 25.5. The minimum Gasteiger partial charge on any atom is -0.458 e. The average Bonchev–Trinajstić information content (AvgIpc) is 3.67. The molecule has 0 aromatic carbocycles. The molecule has 2 aliphatic carbocycles. The molecule has 2 heterocycles. The Labute approximate surface area is 406 Å². The van der Waals surface area contributed by atoms with Crippen molar-refractivity contribution < 1.29 is 28.7 Å². The molecule has 4 unspecified atom stereocenters. The van der Waals surface area contributed by atoms with Crippen LogP contribution in [-0.4, -0.2) is 46.8 Å². The summed E-state index contributed by atoms with van der Waals surface area (Å²) >= 11 is 0. The number of allylic oxidation sites excluding steroid dienone is 1. The number of hydrogen-bond acceptors (Lipinski definition) is 7. The number of nitrogens with one attached hydrogen (secondary N) is 3. The third-order valence-electron chi connectivity index (χ3n) is 14.9. The lowest BCUT2D eigenvalue weighted by molar-refractivity contribution is -0.164. The predicted molar refractivity (Wildman–Crippen MR) is 275 cm³/mol. The minimum atomic E-state index is -0.787. The summed E-state index contributed by atoms with van der Waals surface area (Å²) in [4.78, 5) is 66.6. The largest absolute Gasteiger partial charge is 0.458 e. The zero-order chi connectivity index (χ0) is 51.5. The molecule has 4 rings (SSSR count). The summed E-state index contributed by atoms with van der Waals surface area (Å²) in [7, 11) is 0. The molecule has 10 heteroatoms. The van der Waals surface area contributed by atoms with Crippen molar-refractivity contribution in [1.82, 2.24) is 10.3 Å². The summed E-state index contributed by atoms with van der Waals surface area (Å²) in [5.41, 5.74) is 0.747. The van der Waals surface area contributed by atoms with Crippen LogP contribution in [0.2, 0.25) is 0 Å². The zero-order valence-corrected chi connectivity index (χ0v) is 46.6. The van der Waals surface area contributed by atoms with Gasteiger partial charge in [-0.3, -0.25) is 9.59 Å². The fourth-order valence-electron chi connectivity index (χ4n) is 10.9. The van der Waals surface area contributed by atoms with Gasteiger partial charge in [0.25, 0.3) is 0 Å². The Morgan fingerprint density at radius 2 is 0.955 bits per heavy atom. The molecule has 4 atom stereocenters. The van der Waals surface area contributed by atoms with Gasteiger partial charge in [-0.1, -0.05) is 166 Å². The number of aromatic nitrogens is 1. The Morgan fingerprint density at radius 1 is 0.582 bits per heavy atom. The van der Waals surface area contributed by atoms with Gasteiger partial charge in [-0.25, -0.2) is 14.6 Å². The smallest absolute Gasteiger partial charge is 0.342 e. The molecule has 1 aliphatic heterocycles. The number of aromatic amines is 1. The van der Waals surface area contributed by atoms with Gasteiger partial charge in [-0.2, -0.15) is 0 Å². The maximum Gasteiger partial charge on any atom is 0.342 e. The van der Waals surface area contributed by atoms with Gasteiger partial charge >= 0.3 is 11.9 Å². The SMILES string of the molecule is CC1CC(C(C)(C)C)C(OC(=O)C2=C(C(C)C)C(=Cc3[nH]c(NC(=O)C(C)(C)C)c(C(=O)OC4C(C(C)(C)C)CC(C)CC4C(C)(C)C)c3C(C)C)N=C2NC(=O)C(C)(C)C)C(C(C)(C)C)C1. The number of carbonyl (C=O) groups is 4. The van der Waals surface area contributed by atoms with Gasteiger partial charge in [-0.05, 0) is 88.2 Å². The fourth-order valence-corrected chi connectivity index (χ4v) is 10.9. The molecule has 1 aromatic heterocycles. The van der Waals surface area contributed by atoms with Crippen molar-refractivity contribution >= 4 is 41.5 Å². The predicted octanol–water partition coefficient (Wildman–Crippen LogP) is 13.9. The van der Waals surface area contributed by atoms with Crippen molar-refractivity contribution in [3.05, 3.63) is 33.7 Å². The van der Waals surface area contributed by atoms with E-state index in [9.17, 15) is 9.59 Å². The number of H-pyrrole nitrogens is 1. The number of aliphatic imine (C=N–C) groups is 1. The van der Waals surface area contributed by atoms with Gasteiger partial charge in [0.1, 0.15) is 35.0 Å². The molecule has 0 radical (unpaired) electrons. The van der Waals surface area contributed by atoms with Crippen LogP contribution in [0.4, 0.5) is 5.82 Å². The number of esters is 2. The molecule has 0 bridgehead atoms. The zero-order valence-electron chi connectivity index (χ0n) is 46.6. The van der Waals surface area contributed by atoms with Crippen molar-refractivity contribution in [2.45, 2.75) is 210 Å². The standard InChI is InChI=1S/C57H94N4O6/c1-30(2)40-38(58-46(60-50(64)56(19,20)21)42(40)48(62)66-44-34(52(7,8)9)25-32(5)26-35(44)53(10,11)12)29-39-41(31(3)4)43(47(59-39)61-51(65)57(22,23)24)49(63)67-45-36(54(13,14)15)27-33(6)28-37(45)55(16,17)18/h29-37,44-45,58H,25-28H2,1-24H3,(H,60,64)(H,59,61,65). The molecule has 67 heavy (non-hydrogen) atoms. The van der Waals surface area contributed by atoms with Crippen LogP contribution in [0.25, 0.3) is 6.08 Å². The molecular weight excluding hydrogens is 837 g/mol. The summed E-state index contributed by atoms with van der Waals surface area (Å²) in [6.07, 6.45) is 4.90. The molecule has 10 nitrogen and oxygen atoms in total. The number of amides is 2. The maximum atomic E-state index is 15.2. The molecular formula is C57H94N4O6. The molecule has 2 fully saturated rings. The Bertz CT molecular complexity index is 2060. The molecule has 0 spiro atoms. The lowest BCUT2D eigenvalue weighted by Gasteiger charge is -2.50. The molecule has 0 saturated heterocycles. The van der Waals surface area contributed by atoms with E-state index in [0.717, 1.165) is 25.7 Å². The number of anilines is 1. The Kier molecular flexibility index (Phi) is 16.4. The van der Waals surface area contributed by atoms with Gasteiger partial charge in [-0.15, -0.1) is 0 Å². The summed E-state index contributed by atoms with van der Waals surface area (Å²) in [5.74, 6) is -0.200. The molecule has 378 valence electrons. The van der Waals surface area contributed by atoms with Crippen molar-refractivity contribution in [3.8, 4) is 0 Å². The molecule has 1 aromatic rings. The minimum absolute atomic E-state index is 0.107. The van der Waals surface area contributed by atoms with Gasteiger partial charge < -0.3 is 25.1 Å². The number of nitrogens with zero attached hydrogens (tertiary/aromatic N) is 1. The van der Waals surface area contributed by atoms with Crippen LogP contribution < -0.4 is 10.6 Å². The number of amidine groups is 1. The van der Waals surface area contributed by atoms with Crippen LogP contribution in [-0.2, 0) is 23.9 Å². The second-order valence-electron chi connectivity index (χ2n) is 28.0. The quantitative estimate of drug-likeness (QED) is 0.222. The van der Waals surface area contributed by atoms with Crippen LogP contribution in [0.15, 0.2) is 21.8 Å². The summed E-state index contributed by atoms with van der Waals surface area (Å²) in [6.45, 7) is 50.4. The highest BCUT2D eigenvalue weighted by Crippen LogP contribution is 2.52. The topological polar surface area (TPSA) is 139 Å². The lowest BCUT2D eigenvalue weighted by Crippen LogP contribution is -2.50. The van der Waals surface area contributed by atoms with Crippen LogP contribution >= 0.6 is 0 Å². The molecule has 2 amide bonds. The third kappa shape index (κ3) is 12.9. The second-order valence-corrected chi connectivity index (χ2v) is 28.0. The lowest BCUT2D eigenvalue weighted by atomic mass is 9.59. The van der Waals surface area contributed by atoms with E-state index in [1.54, 1.807) is 0 Å². The van der Waals surface area contributed by atoms with Crippen LogP contribution in [0.5, 0.6) is 0 Å². The van der Waals surface area contributed by atoms with E-state index in [1.807, 2.05) is 75.3 Å². The van der Waals surface area contributed by atoms with Crippen molar-refractivity contribution in [3.63, 3.8) is 0 Å². The Hall–Kier alpha value is -3.69. The van der Waals surface area contributed by atoms with E-state index in [1.165, 1.54) is 0 Å². The highest BCUT2D eigenvalue weighted by Gasteiger charge is 2.51. The Morgan fingerprint density at radius 3 is 1.30 bits per heavy atom. The molecule has 2 saturated carbocycles. The van der Waals surface area contributed by atoms with E-state index >= 15 is 9.59 Å². The van der Waals surface area contributed by atoms with E-state index in [-0.39, 0.29) is 104 Å². The first-order valence-electron chi connectivity index (χ1n) is 25.5. The maximum absolute atomic E-state index is 15.2. The average molecular weight is 931 g/mol.